The number of hydrogen-bond acceptors (Lipinski definition) is 3. The highest BCUT2D eigenvalue weighted by molar-refractivity contribution is 5.80. The van der Waals surface area contributed by atoms with E-state index in [2.05, 4.69) is 36.1 Å². The van der Waals surface area contributed by atoms with Crippen molar-refractivity contribution in [3.8, 4) is 0 Å². The lowest BCUT2D eigenvalue weighted by molar-refractivity contribution is -0.137. The van der Waals surface area contributed by atoms with Crippen molar-refractivity contribution in [3.63, 3.8) is 0 Å². The fourth-order valence-corrected chi connectivity index (χ4v) is 2.95. The van der Waals surface area contributed by atoms with E-state index in [1.165, 1.54) is 6.42 Å². The largest absolute Gasteiger partial charge is 0.341 e. The van der Waals surface area contributed by atoms with Gasteiger partial charge in [0.25, 0.3) is 0 Å². The molecule has 0 aromatic carbocycles. The first-order valence-corrected chi connectivity index (χ1v) is 6.75. The summed E-state index contributed by atoms with van der Waals surface area (Å²) in [6, 6.07) is 0.539. The number of rotatable bonds is 2. The van der Waals surface area contributed by atoms with Crippen LogP contribution in [0, 0.1) is 11.8 Å². The Kier molecular flexibility index (Phi) is 4.05. The molecule has 0 saturated carbocycles. The van der Waals surface area contributed by atoms with Crippen LogP contribution < -0.4 is 5.32 Å². The lowest BCUT2D eigenvalue weighted by atomic mass is 9.95. The predicted octanol–water partition coefficient (Wildman–Crippen LogP) is 0.395. The number of amides is 1. The van der Waals surface area contributed by atoms with Crippen molar-refractivity contribution >= 4 is 5.91 Å². The standard InChI is InChI=1S/C13H25N3O/c1-10-7-14-8-12(10)13(17)16-6-4-5-11(9-16)15(2)3/h10-12,14H,4-9H2,1-3H3/t10-,11?,12-/m1/s1. The van der Waals surface area contributed by atoms with Crippen LogP contribution in [-0.4, -0.2) is 62.0 Å². The molecule has 98 valence electrons. The minimum atomic E-state index is 0.205. The number of carbonyl (C=O) groups excluding carboxylic acids is 1. The molecule has 0 aliphatic carbocycles. The topological polar surface area (TPSA) is 35.6 Å². The van der Waals surface area contributed by atoms with Crippen LogP contribution >= 0.6 is 0 Å². The van der Waals surface area contributed by atoms with E-state index in [1.807, 2.05) is 0 Å². The van der Waals surface area contributed by atoms with Gasteiger partial charge in [-0.25, -0.2) is 0 Å². The first-order valence-electron chi connectivity index (χ1n) is 6.75. The zero-order chi connectivity index (χ0) is 12.4. The van der Waals surface area contributed by atoms with Gasteiger partial charge in [-0.3, -0.25) is 4.79 Å². The summed E-state index contributed by atoms with van der Waals surface area (Å²) in [7, 11) is 4.22. The predicted molar refractivity (Wildman–Crippen MR) is 68.8 cm³/mol. The molecule has 4 heteroatoms. The number of hydrogen-bond donors (Lipinski definition) is 1. The normalized spacial score (nSPS) is 34.4. The second-order valence-electron chi connectivity index (χ2n) is 5.79. The molecule has 2 aliphatic rings. The first kappa shape index (κ1) is 12.8. The van der Waals surface area contributed by atoms with Crippen molar-refractivity contribution < 1.29 is 4.79 Å². The van der Waals surface area contributed by atoms with Crippen LogP contribution in [0.4, 0.5) is 0 Å². The molecule has 0 radical (unpaired) electrons. The van der Waals surface area contributed by atoms with E-state index >= 15 is 0 Å². The van der Waals surface area contributed by atoms with Gasteiger partial charge in [0, 0.05) is 25.7 Å². The fourth-order valence-electron chi connectivity index (χ4n) is 2.95. The highest BCUT2D eigenvalue weighted by atomic mass is 16.2. The van der Waals surface area contributed by atoms with E-state index in [0.29, 0.717) is 17.9 Å². The van der Waals surface area contributed by atoms with Crippen LogP contribution in [0.5, 0.6) is 0 Å². The highest BCUT2D eigenvalue weighted by Gasteiger charge is 2.34. The molecular formula is C13H25N3O. The molecule has 3 atom stereocenters. The van der Waals surface area contributed by atoms with Crippen molar-refractivity contribution in [1.82, 2.24) is 15.1 Å². The smallest absolute Gasteiger partial charge is 0.227 e. The molecule has 2 aliphatic heterocycles. The van der Waals surface area contributed by atoms with Crippen molar-refractivity contribution in [2.45, 2.75) is 25.8 Å². The quantitative estimate of drug-likeness (QED) is 0.757. The van der Waals surface area contributed by atoms with Crippen molar-refractivity contribution in [1.29, 1.82) is 0 Å². The van der Waals surface area contributed by atoms with Gasteiger partial charge in [0.05, 0.1) is 5.92 Å². The zero-order valence-electron chi connectivity index (χ0n) is 11.3. The van der Waals surface area contributed by atoms with Gasteiger partial charge in [-0.15, -0.1) is 0 Å². The average Bonchev–Trinajstić information content (AvgIpc) is 2.74. The molecule has 2 rings (SSSR count). The third kappa shape index (κ3) is 2.80. The van der Waals surface area contributed by atoms with Crippen LogP contribution in [0.15, 0.2) is 0 Å². The SMILES string of the molecule is C[C@@H]1CNC[C@H]1C(=O)N1CCCC(N(C)C)C1. The van der Waals surface area contributed by atoms with Gasteiger partial charge >= 0.3 is 0 Å². The van der Waals surface area contributed by atoms with Gasteiger partial charge in [0.2, 0.25) is 5.91 Å². The van der Waals surface area contributed by atoms with Crippen LogP contribution in [0.25, 0.3) is 0 Å². The molecule has 1 unspecified atom stereocenters. The third-order valence-corrected chi connectivity index (χ3v) is 4.27. The van der Waals surface area contributed by atoms with E-state index in [4.69, 9.17) is 0 Å². The summed E-state index contributed by atoms with van der Waals surface area (Å²) in [5, 5.41) is 3.32. The lowest BCUT2D eigenvalue weighted by Gasteiger charge is -2.37. The van der Waals surface area contributed by atoms with Crippen molar-refractivity contribution in [2.75, 3.05) is 40.3 Å². The molecule has 17 heavy (non-hydrogen) atoms. The number of carbonyl (C=O) groups is 1. The fraction of sp³-hybridized carbons (Fsp3) is 0.923. The Balaban J connectivity index is 1.94. The van der Waals surface area contributed by atoms with E-state index in [1.54, 1.807) is 0 Å². The summed E-state index contributed by atoms with van der Waals surface area (Å²) in [5.74, 6) is 1.06. The Labute approximate surface area is 104 Å². The van der Waals surface area contributed by atoms with E-state index in [9.17, 15) is 4.79 Å². The average molecular weight is 239 g/mol. The zero-order valence-corrected chi connectivity index (χ0v) is 11.3. The van der Waals surface area contributed by atoms with Crippen LogP contribution in [0.3, 0.4) is 0 Å². The molecule has 1 amide bonds. The summed E-state index contributed by atoms with van der Waals surface area (Å²) in [5.41, 5.74) is 0. The maximum atomic E-state index is 12.4. The van der Waals surface area contributed by atoms with Gasteiger partial charge in [-0.1, -0.05) is 6.92 Å². The minimum Gasteiger partial charge on any atom is -0.341 e. The molecule has 2 heterocycles. The molecule has 2 fully saturated rings. The minimum absolute atomic E-state index is 0.205. The van der Waals surface area contributed by atoms with Gasteiger partial charge in [0.1, 0.15) is 0 Å². The molecule has 0 bridgehead atoms. The summed E-state index contributed by atoms with van der Waals surface area (Å²) >= 11 is 0. The van der Waals surface area contributed by atoms with Crippen molar-refractivity contribution in [3.05, 3.63) is 0 Å². The van der Waals surface area contributed by atoms with E-state index < -0.39 is 0 Å². The van der Waals surface area contributed by atoms with Crippen LogP contribution in [0.1, 0.15) is 19.8 Å². The molecule has 0 aromatic rings. The maximum absolute atomic E-state index is 12.4. The molecule has 4 nitrogen and oxygen atoms in total. The Morgan fingerprint density at radius 1 is 1.35 bits per heavy atom. The summed E-state index contributed by atoms with van der Waals surface area (Å²) in [4.78, 5) is 16.8. The van der Waals surface area contributed by atoms with Gasteiger partial charge < -0.3 is 15.1 Å². The summed E-state index contributed by atoms with van der Waals surface area (Å²) in [6.07, 6.45) is 2.36. The molecule has 1 N–H and O–H groups in total. The lowest BCUT2D eigenvalue weighted by Crippen LogP contribution is -2.50. The second kappa shape index (κ2) is 5.36. The Bertz CT molecular complexity index is 280. The molecule has 0 spiro atoms. The van der Waals surface area contributed by atoms with Crippen molar-refractivity contribution in [2.24, 2.45) is 11.8 Å². The van der Waals surface area contributed by atoms with Crippen LogP contribution in [0.2, 0.25) is 0 Å². The Hall–Kier alpha value is -0.610. The Morgan fingerprint density at radius 3 is 2.71 bits per heavy atom. The maximum Gasteiger partial charge on any atom is 0.227 e. The van der Waals surface area contributed by atoms with Gasteiger partial charge in [-0.2, -0.15) is 0 Å². The monoisotopic (exact) mass is 239 g/mol. The van der Waals surface area contributed by atoms with Gasteiger partial charge in [0.15, 0.2) is 0 Å². The number of piperidine rings is 1. The number of likely N-dealkylation sites (tertiary alicyclic amines) is 1. The molecule has 0 aromatic heterocycles. The summed E-state index contributed by atoms with van der Waals surface area (Å²) in [6.45, 7) is 5.89. The number of likely N-dealkylation sites (N-methyl/N-ethyl adjacent to an activating group) is 1. The number of nitrogens with zero attached hydrogens (tertiary/aromatic N) is 2. The highest BCUT2D eigenvalue weighted by Crippen LogP contribution is 2.22. The molecule has 2 saturated heterocycles. The Morgan fingerprint density at radius 2 is 2.12 bits per heavy atom. The van der Waals surface area contributed by atoms with Crippen LogP contribution in [-0.2, 0) is 4.79 Å². The van der Waals surface area contributed by atoms with Gasteiger partial charge in [-0.05, 0) is 39.4 Å². The number of nitrogens with one attached hydrogen (secondary N) is 1. The first-order chi connectivity index (χ1) is 8.09. The molecular weight excluding hydrogens is 214 g/mol. The van der Waals surface area contributed by atoms with E-state index in [0.717, 1.165) is 32.6 Å². The van der Waals surface area contributed by atoms with E-state index in [-0.39, 0.29) is 5.92 Å². The summed E-state index contributed by atoms with van der Waals surface area (Å²) < 4.78 is 0. The third-order valence-electron chi connectivity index (χ3n) is 4.27. The second-order valence-corrected chi connectivity index (χ2v) is 5.79.